The highest BCUT2D eigenvalue weighted by molar-refractivity contribution is 5.74. The number of rotatable bonds is 4. The zero-order chi connectivity index (χ0) is 15.2. The van der Waals surface area contributed by atoms with Gasteiger partial charge in [0.15, 0.2) is 0 Å². The van der Waals surface area contributed by atoms with Crippen LogP contribution in [0.3, 0.4) is 0 Å². The van der Waals surface area contributed by atoms with Crippen LogP contribution in [-0.4, -0.2) is 53.6 Å². The molecule has 1 aromatic rings. The SMILES string of the molecule is CCc1cc(N2CCC(NC(=O)N(C)CC)CC2)ncn1. The molecule has 6 heteroatoms. The highest BCUT2D eigenvalue weighted by Gasteiger charge is 2.22. The van der Waals surface area contributed by atoms with Crippen molar-refractivity contribution in [2.75, 3.05) is 31.6 Å². The van der Waals surface area contributed by atoms with Gasteiger partial charge in [-0.1, -0.05) is 6.92 Å². The van der Waals surface area contributed by atoms with E-state index in [4.69, 9.17) is 0 Å². The quantitative estimate of drug-likeness (QED) is 0.916. The zero-order valence-corrected chi connectivity index (χ0v) is 13.2. The molecule has 1 aromatic heterocycles. The van der Waals surface area contributed by atoms with Crippen molar-refractivity contribution in [3.63, 3.8) is 0 Å². The number of nitrogens with zero attached hydrogens (tertiary/aromatic N) is 4. The molecule has 2 rings (SSSR count). The Morgan fingerprint density at radius 3 is 2.71 bits per heavy atom. The van der Waals surface area contributed by atoms with Crippen molar-refractivity contribution in [3.8, 4) is 0 Å². The summed E-state index contributed by atoms with van der Waals surface area (Å²) >= 11 is 0. The summed E-state index contributed by atoms with van der Waals surface area (Å²) in [6.07, 6.45) is 4.47. The van der Waals surface area contributed by atoms with E-state index in [-0.39, 0.29) is 12.1 Å². The molecule has 0 unspecified atom stereocenters. The van der Waals surface area contributed by atoms with Crippen LogP contribution in [0.4, 0.5) is 10.6 Å². The lowest BCUT2D eigenvalue weighted by Crippen LogP contribution is -2.48. The first-order chi connectivity index (χ1) is 10.1. The van der Waals surface area contributed by atoms with E-state index in [1.54, 1.807) is 11.2 Å². The standard InChI is InChI=1S/C15H25N5O/c1-4-12-10-14(17-11-16-12)20-8-6-13(7-9-20)18-15(21)19(3)5-2/h10-11,13H,4-9H2,1-3H3,(H,18,21). The molecule has 1 fully saturated rings. The fourth-order valence-corrected chi connectivity index (χ4v) is 2.43. The van der Waals surface area contributed by atoms with Crippen LogP contribution in [-0.2, 0) is 6.42 Å². The summed E-state index contributed by atoms with van der Waals surface area (Å²) in [5.41, 5.74) is 1.07. The molecular weight excluding hydrogens is 266 g/mol. The maximum absolute atomic E-state index is 11.9. The Balaban J connectivity index is 1.86. The molecule has 116 valence electrons. The minimum absolute atomic E-state index is 0.0197. The Kier molecular flexibility index (Phi) is 5.36. The second-order valence-electron chi connectivity index (χ2n) is 5.45. The third-order valence-electron chi connectivity index (χ3n) is 4.04. The van der Waals surface area contributed by atoms with Crippen molar-refractivity contribution in [1.29, 1.82) is 0 Å². The van der Waals surface area contributed by atoms with Crippen LogP contribution in [0.5, 0.6) is 0 Å². The largest absolute Gasteiger partial charge is 0.356 e. The van der Waals surface area contributed by atoms with Gasteiger partial charge in [-0.2, -0.15) is 0 Å². The number of urea groups is 1. The Morgan fingerprint density at radius 2 is 2.10 bits per heavy atom. The summed E-state index contributed by atoms with van der Waals surface area (Å²) in [7, 11) is 1.82. The predicted molar refractivity (Wildman–Crippen MR) is 83.5 cm³/mol. The monoisotopic (exact) mass is 291 g/mol. The molecule has 2 amide bonds. The van der Waals surface area contributed by atoms with Crippen molar-refractivity contribution >= 4 is 11.8 Å². The van der Waals surface area contributed by atoms with Crippen LogP contribution in [0.1, 0.15) is 32.4 Å². The van der Waals surface area contributed by atoms with Crippen molar-refractivity contribution < 1.29 is 4.79 Å². The van der Waals surface area contributed by atoms with E-state index in [1.807, 2.05) is 14.0 Å². The fraction of sp³-hybridized carbons (Fsp3) is 0.667. The number of carbonyl (C=O) groups is 1. The number of hydrogen-bond acceptors (Lipinski definition) is 4. The van der Waals surface area contributed by atoms with Crippen LogP contribution in [0, 0.1) is 0 Å². The van der Waals surface area contributed by atoms with Crippen molar-refractivity contribution in [2.45, 2.75) is 39.2 Å². The van der Waals surface area contributed by atoms with E-state index in [2.05, 4.69) is 33.2 Å². The average molecular weight is 291 g/mol. The molecule has 21 heavy (non-hydrogen) atoms. The number of hydrogen-bond donors (Lipinski definition) is 1. The summed E-state index contributed by atoms with van der Waals surface area (Å²) in [6, 6.07) is 2.34. The Labute approximate surface area is 126 Å². The molecular formula is C15H25N5O. The van der Waals surface area contributed by atoms with Gasteiger partial charge >= 0.3 is 6.03 Å². The smallest absolute Gasteiger partial charge is 0.317 e. The Morgan fingerprint density at radius 1 is 1.38 bits per heavy atom. The normalized spacial score (nSPS) is 15.9. The highest BCUT2D eigenvalue weighted by Crippen LogP contribution is 2.18. The topological polar surface area (TPSA) is 61.4 Å². The first kappa shape index (κ1) is 15.5. The molecule has 0 aromatic carbocycles. The van der Waals surface area contributed by atoms with Crippen LogP contribution in [0.2, 0.25) is 0 Å². The summed E-state index contributed by atoms with van der Waals surface area (Å²) in [5, 5.41) is 3.09. The minimum atomic E-state index is 0.0197. The number of piperidine rings is 1. The molecule has 0 aliphatic carbocycles. The van der Waals surface area contributed by atoms with E-state index < -0.39 is 0 Å². The maximum atomic E-state index is 11.9. The average Bonchev–Trinajstić information content (AvgIpc) is 2.54. The Hall–Kier alpha value is -1.85. The first-order valence-electron chi connectivity index (χ1n) is 7.71. The van der Waals surface area contributed by atoms with Crippen molar-refractivity contribution in [3.05, 3.63) is 18.1 Å². The lowest BCUT2D eigenvalue weighted by Gasteiger charge is -2.33. The number of nitrogens with one attached hydrogen (secondary N) is 1. The molecule has 0 atom stereocenters. The Bertz CT molecular complexity index is 471. The third kappa shape index (κ3) is 4.06. The van der Waals surface area contributed by atoms with E-state index in [9.17, 15) is 4.79 Å². The van der Waals surface area contributed by atoms with Crippen molar-refractivity contribution in [2.24, 2.45) is 0 Å². The zero-order valence-electron chi connectivity index (χ0n) is 13.2. The number of carbonyl (C=O) groups excluding carboxylic acids is 1. The van der Waals surface area contributed by atoms with Gasteiger partial charge in [-0.15, -0.1) is 0 Å². The van der Waals surface area contributed by atoms with Gasteiger partial charge in [0.25, 0.3) is 0 Å². The summed E-state index contributed by atoms with van der Waals surface area (Å²) in [6.45, 7) is 6.63. The second-order valence-corrected chi connectivity index (χ2v) is 5.45. The molecule has 0 bridgehead atoms. The molecule has 1 aliphatic rings. The molecule has 0 radical (unpaired) electrons. The van der Waals surface area contributed by atoms with E-state index in [0.29, 0.717) is 0 Å². The van der Waals surface area contributed by atoms with Gasteiger partial charge in [-0.05, 0) is 26.2 Å². The third-order valence-corrected chi connectivity index (χ3v) is 4.04. The van der Waals surface area contributed by atoms with Crippen LogP contribution < -0.4 is 10.2 Å². The van der Waals surface area contributed by atoms with Gasteiger partial charge in [0.05, 0.1) is 0 Å². The fourth-order valence-electron chi connectivity index (χ4n) is 2.43. The lowest BCUT2D eigenvalue weighted by atomic mass is 10.1. The van der Waals surface area contributed by atoms with Crippen LogP contribution in [0.15, 0.2) is 12.4 Å². The molecule has 1 saturated heterocycles. The molecule has 6 nitrogen and oxygen atoms in total. The van der Waals surface area contributed by atoms with Gasteiger partial charge in [-0.3, -0.25) is 0 Å². The number of amides is 2. The van der Waals surface area contributed by atoms with Gasteiger partial charge in [0, 0.05) is 44.5 Å². The van der Waals surface area contributed by atoms with Crippen LogP contribution >= 0.6 is 0 Å². The summed E-state index contributed by atoms with van der Waals surface area (Å²) < 4.78 is 0. The number of aryl methyl sites for hydroxylation is 1. The molecule has 1 aliphatic heterocycles. The maximum Gasteiger partial charge on any atom is 0.317 e. The predicted octanol–water partition coefficient (Wildman–Crippen LogP) is 1.67. The second kappa shape index (κ2) is 7.24. The van der Waals surface area contributed by atoms with Gasteiger partial charge < -0.3 is 15.1 Å². The van der Waals surface area contributed by atoms with Crippen molar-refractivity contribution in [1.82, 2.24) is 20.2 Å². The molecule has 0 spiro atoms. The van der Waals surface area contributed by atoms with Gasteiger partial charge in [-0.25, -0.2) is 14.8 Å². The van der Waals surface area contributed by atoms with E-state index >= 15 is 0 Å². The van der Waals surface area contributed by atoms with E-state index in [0.717, 1.165) is 50.4 Å². The van der Waals surface area contributed by atoms with E-state index in [1.165, 1.54) is 0 Å². The summed E-state index contributed by atoms with van der Waals surface area (Å²) in [5.74, 6) is 0.998. The van der Waals surface area contributed by atoms with Crippen LogP contribution in [0.25, 0.3) is 0 Å². The number of anilines is 1. The first-order valence-corrected chi connectivity index (χ1v) is 7.71. The van der Waals surface area contributed by atoms with Gasteiger partial charge in [0.1, 0.15) is 12.1 Å². The number of aromatic nitrogens is 2. The molecule has 0 saturated carbocycles. The molecule has 1 N–H and O–H groups in total. The summed E-state index contributed by atoms with van der Waals surface area (Å²) in [4.78, 5) is 24.4. The highest BCUT2D eigenvalue weighted by atomic mass is 16.2. The molecule has 2 heterocycles. The lowest BCUT2D eigenvalue weighted by molar-refractivity contribution is 0.204. The van der Waals surface area contributed by atoms with Gasteiger partial charge in [0.2, 0.25) is 0 Å². The minimum Gasteiger partial charge on any atom is -0.356 e.